The smallest absolute Gasteiger partial charge is 0.407 e. The fourth-order valence-corrected chi connectivity index (χ4v) is 6.39. The number of benzene rings is 1. The van der Waals surface area contributed by atoms with E-state index < -0.39 is 24.2 Å². The second-order valence-electron chi connectivity index (χ2n) is 11.0. The number of hydrogen-bond acceptors (Lipinski definition) is 7. The number of imidazole rings is 1. The predicted molar refractivity (Wildman–Crippen MR) is 152 cm³/mol. The molecule has 1 aliphatic carbocycles. The molecule has 218 valence electrons. The molecule has 4 bridgehead atoms. The van der Waals surface area contributed by atoms with Crippen molar-refractivity contribution in [3.63, 3.8) is 0 Å². The fourth-order valence-electron chi connectivity index (χ4n) is 6.39. The molecule has 2 N–H and O–H groups in total. The van der Waals surface area contributed by atoms with Crippen LogP contribution in [-0.4, -0.2) is 66.9 Å². The number of amides is 1. The zero-order valence-corrected chi connectivity index (χ0v) is 23.6. The summed E-state index contributed by atoms with van der Waals surface area (Å²) < 4.78 is 37.2. The van der Waals surface area contributed by atoms with Gasteiger partial charge in [-0.25, -0.2) is 14.6 Å². The Kier molecular flexibility index (Phi) is 6.08. The Morgan fingerprint density at radius 2 is 2.00 bits per heavy atom. The Hall–Kier alpha value is -4.65. The first-order valence-electron chi connectivity index (χ1n) is 13.8. The van der Waals surface area contributed by atoms with Gasteiger partial charge in [-0.2, -0.15) is 4.39 Å². The van der Waals surface area contributed by atoms with Crippen LogP contribution in [0.15, 0.2) is 41.5 Å². The lowest BCUT2D eigenvalue weighted by atomic mass is 9.99. The van der Waals surface area contributed by atoms with Crippen molar-refractivity contribution in [2.24, 2.45) is 14.1 Å². The SMILES string of the molecule is COC(=O)N[C@H]1C[C@H]2C[C@H]1OC[C@H](C)Oc1ccc(cc1)-c1c(-c3cn(C)nc3F)[nH]c3ncc4c(c13)n2c(=O)n4C. The molecule has 4 atom stereocenters. The van der Waals surface area contributed by atoms with E-state index in [2.05, 4.69) is 20.4 Å². The van der Waals surface area contributed by atoms with E-state index in [0.717, 1.165) is 5.56 Å². The normalized spacial score (nSPS) is 21.9. The highest BCUT2D eigenvalue weighted by Crippen LogP contribution is 2.43. The maximum atomic E-state index is 15.2. The van der Waals surface area contributed by atoms with Crippen LogP contribution in [-0.2, 0) is 23.6 Å². The topological polar surface area (TPSA) is 130 Å². The fraction of sp³-hybridized carbons (Fsp3) is 0.379. The van der Waals surface area contributed by atoms with Gasteiger partial charge in [0.25, 0.3) is 0 Å². The highest BCUT2D eigenvalue weighted by atomic mass is 19.1. The molecule has 6 heterocycles. The van der Waals surface area contributed by atoms with Gasteiger partial charge in [0, 0.05) is 31.9 Å². The molecular formula is C29H30FN7O5. The number of H-pyrrole nitrogens is 1. The number of carbonyl (C=O) groups excluding carboxylic acids is 1. The first kappa shape index (κ1) is 26.3. The number of fused-ring (bicyclic) bond motifs is 5. The van der Waals surface area contributed by atoms with Crippen LogP contribution in [0.25, 0.3) is 44.5 Å². The summed E-state index contributed by atoms with van der Waals surface area (Å²) in [5.41, 5.74) is 3.85. The van der Waals surface area contributed by atoms with Gasteiger partial charge >= 0.3 is 11.8 Å². The van der Waals surface area contributed by atoms with Gasteiger partial charge in [0.15, 0.2) is 0 Å². The lowest BCUT2D eigenvalue weighted by Crippen LogP contribution is -2.42. The van der Waals surface area contributed by atoms with Gasteiger partial charge in [0.05, 0.1) is 59.7 Å². The van der Waals surface area contributed by atoms with Crippen LogP contribution in [0.3, 0.4) is 0 Å². The lowest BCUT2D eigenvalue weighted by molar-refractivity contribution is -0.00360. The van der Waals surface area contributed by atoms with E-state index in [9.17, 15) is 9.59 Å². The van der Waals surface area contributed by atoms with Crippen LogP contribution in [0.5, 0.6) is 5.75 Å². The van der Waals surface area contributed by atoms with Crippen LogP contribution in [0, 0.1) is 5.95 Å². The number of nitrogens with one attached hydrogen (secondary N) is 2. The Morgan fingerprint density at radius 1 is 1.21 bits per heavy atom. The molecule has 0 radical (unpaired) electrons. The largest absolute Gasteiger partial charge is 0.488 e. The lowest BCUT2D eigenvalue weighted by Gasteiger charge is -2.23. The predicted octanol–water partition coefficient (Wildman–Crippen LogP) is 3.65. The number of pyridine rings is 1. The molecule has 0 spiro atoms. The zero-order chi connectivity index (χ0) is 29.3. The second kappa shape index (κ2) is 9.72. The third kappa shape index (κ3) is 4.06. The molecule has 1 amide bonds. The van der Waals surface area contributed by atoms with Gasteiger partial charge < -0.3 is 24.5 Å². The molecule has 13 heteroatoms. The van der Waals surface area contributed by atoms with Crippen LogP contribution in [0.4, 0.5) is 9.18 Å². The third-order valence-electron chi connectivity index (χ3n) is 8.28. The Morgan fingerprint density at radius 3 is 2.71 bits per heavy atom. The first-order chi connectivity index (χ1) is 20.2. The molecule has 3 aliphatic rings. The average molecular weight is 576 g/mol. The van der Waals surface area contributed by atoms with Gasteiger partial charge in [-0.15, -0.1) is 5.10 Å². The van der Waals surface area contributed by atoms with E-state index in [1.165, 1.54) is 11.8 Å². The van der Waals surface area contributed by atoms with Crippen LogP contribution in [0.2, 0.25) is 0 Å². The second-order valence-corrected chi connectivity index (χ2v) is 11.0. The van der Waals surface area contributed by atoms with Crippen LogP contribution >= 0.6 is 0 Å². The quantitative estimate of drug-likeness (QED) is 0.329. The molecule has 4 aromatic heterocycles. The third-order valence-corrected chi connectivity index (χ3v) is 8.28. The molecule has 1 saturated carbocycles. The van der Waals surface area contributed by atoms with Crippen molar-refractivity contribution < 1.29 is 23.4 Å². The minimum Gasteiger partial charge on any atom is -0.488 e. The molecular weight excluding hydrogens is 545 g/mol. The van der Waals surface area contributed by atoms with E-state index >= 15 is 4.39 Å². The Bertz CT molecular complexity index is 1900. The summed E-state index contributed by atoms with van der Waals surface area (Å²) in [6.45, 7) is 2.19. The van der Waals surface area contributed by atoms with E-state index in [1.54, 1.807) is 35.6 Å². The number of nitrogens with zero attached hydrogens (tertiary/aromatic N) is 5. The van der Waals surface area contributed by atoms with Gasteiger partial charge in [-0.05, 0) is 37.5 Å². The minimum atomic E-state index is -0.626. The summed E-state index contributed by atoms with van der Waals surface area (Å²) in [6.07, 6.45) is 2.93. The zero-order valence-electron chi connectivity index (χ0n) is 23.6. The first-order valence-corrected chi connectivity index (χ1v) is 13.8. The highest BCUT2D eigenvalue weighted by Gasteiger charge is 2.40. The van der Waals surface area contributed by atoms with E-state index in [4.69, 9.17) is 14.2 Å². The van der Waals surface area contributed by atoms with Crippen molar-refractivity contribution in [3.05, 3.63) is 53.1 Å². The maximum Gasteiger partial charge on any atom is 0.407 e. The van der Waals surface area contributed by atoms with Crippen molar-refractivity contribution in [2.75, 3.05) is 13.7 Å². The minimum absolute atomic E-state index is 0.223. The summed E-state index contributed by atoms with van der Waals surface area (Å²) >= 11 is 0. The molecule has 12 nitrogen and oxygen atoms in total. The van der Waals surface area contributed by atoms with Crippen molar-refractivity contribution in [1.82, 2.24) is 34.2 Å². The number of aromatic nitrogens is 6. The standard InChI is InChI=1S/C29H30FN7O5/c1-14-13-41-21-10-16(9-19(21)32-28(38)40-4)37-25-20(36(3)29(37)39)11-31-27-23(25)22(15-5-7-17(42-14)8-6-15)24(33-27)18-12-35(2)34-26(18)30/h5-8,11-12,14,16,19,21H,9-10,13H2,1-4H3,(H,31,33)(H,32,38)/t14-,16-,19-,21+/m0/s1. The van der Waals surface area contributed by atoms with E-state index in [0.29, 0.717) is 51.9 Å². The molecule has 1 aromatic carbocycles. The van der Waals surface area contributed by atoms with Crippen molar-refractivity contribution >= 4 is 28.2 Å². The van der Waals surface area contributed by atoms with E-state index in [-0.39, 0.29) is 30.0 Å². The van der Waals surface area contributed by atoms with Crippen LogP contribution < -0.4 is 15.7 Å². The molecule has 0 saturated heterocycles. The Labute approximate surface area is 239 Å². The van der Waals surface area contributed by atoms with Crippen molar-refractivity contribution in [3.8, 4) is 28.1 Å². The average Bonchev–Trinajstić information content (AvgIpc) is 3.70. The molecule has 1 fully saturated rings. The number of hydrogen-bond donors (Lipinski definition) is 2. The van der Waals surface area contributed by atoms with Gasteiger partial charge in [0.1, 0.15) is 17.5 Å². The summed E-state index contributed by atoms with van der Waals surface area (Å²) in [6, 6.07) is 6.82. The number of alkyl carbamates (subject to hydrolysis) is 1. The van der Waals surface area contributed by atoms with Gasteiger partial charge in [-0.1, -0.05) is 12.1 Å². The van der Waals surface area contributed by atoms with Crippen LogP contribution in [0.1, 0.15) is 25.8 Å². The Balaban J connectivity index is 1.54. The number of carbonyl (C=O) groups is 1. The van der Waals surface area contributed by atoms with E-state index in [1.807, 2.05) is 31.2 Å². The molecule has 0 unspecified atom stereocenters. The highest BCUT2D eigenvalue weighted by molar-refractivity contribution is 6.14. The summed E-state index contributed by atoms with van der Waals surface area (Å²) in [5.74, 6) is 0.0197. The number of ether oxygens (including phenoxy) is 3. The molecule has 42 heavy (non-hydrogen) atoms. The monoisotopic (exact) mass is 575 g/mol. The summed E-state index contributed by atoms with van der Waals surface area (Å²) in [4.78, 5) is 34.1. The number of rotatable bonds is 2. The molecule has 8 rings (SSSR count). The molecule has 2 aliphatic heterocycles. The number of aryl methyl sites for hydroxylation is 2. The van der Waals surface area contributed by atoms with Gasteiger partial charge in [-0.3, -0.25) is 13.8 Å². The van der Waals surface area contributed by atoms with Crippen molar-refractivity contribution in [2.45, 2.75) is 44.1 Å². The molecule has 5 aromatic rings. The number of halogens is 1. The summed E-state index contributed by atoms with van der Waals surface area (Å²) in [7, 11) is 4.68. The maximum absolute atomic E-state index is 15.2. The number of aromatic amines is 1. The summed E-state index contributed by atoms with van der Waals surface area (Å²) in [5, 5.41) is 7.50. The van der Waals surface area contributed by atoms with Gasteiger partial charge in [0.2, 0.25) is 5.95 Å². The number of methoxy groups -OCH3 is 1. The van der Waals surface area contributed by atoms with Crippen molar-refractivity contribution in [1.29, 1.82) is 0 Å².